The summed E-state index contributed by atoms with van der Waals surface area (Å²) in [5.74, 6) is -0.410. The van der Waals surface area contributed by atoms with Crippen LogP contribution in [0.2, 0.25) is 0 Å². The van der Waals surface area contributed by atoms with Gasteiger partial charge in [-0.15, -0.1) is 0 Å². The summed E-state index contributed by atoms with van der Waals surface area (Å²) in [7, 11) is 1.72. The van der Waals surface area contributed by atoms with E-state index in [-0.39, 0.29) is 17.6 Å². The Bertz CT molecular complexity index is 1640. The van der Waals surface area contributed by atoms with Gasteiger partial charge in [0.2, 0.25) is 5.88 Å². The maximum atomic E-state index is 13.4. The first-order chi connectivity index (χ1) is 19.4. The molecule has 5 aromatic rings. The van der Waals surface area contributed by atoms with Crippen LogP contribution in [0.1, 0.15) is 21.5 Å². The van der Waals surface area contributed by atoms with Crippen LogP contribution in [0.25, 0.3) is 22.3 Å². The minimum atomic E-state index is -0.608. The number of nitrogens with zero attached hydrogens (tertiary/aromatic N) is 1. The number of carbonyl (C=O) groups is 2. The Balaban J connectivity index is 1.19. The second kappa shape index (κ2) is 11.7. The van der Waals surface area contributed by atoms with E-state index >= 15 is 0 Å². The molecule has 0 aliphatic rings. The number of anilines is 1. The molecule has 1 aromatic heterocycles. The Kier molecular flexibility index (Phi) is 7.73. The maximum absolute atomic E-state index is 13.4. The van der Waals surface area contributed by atoms with Crippen molar-refractivity contribution in [1.29, 1.82) is 0 Å². The molecule has 0 radical (unpaired) electrons. The minimum Gasteiger partial charge on any atom is -0.393 e. The van der Waals surface area contributed by atoms with Crippen molar-refractivity contribution in [2.75, 3.05) is 5.32 Å². The lowest BCUT2D eigenvalue weighted by atomic mass is 9.99. The molecule has 0 fully saturated rings. The zero-order valence-corrected chi connectivity index (χ0v) is 22.1. The SMILES string of the molecule is Cc1ccc(-c2ccc(CNC(=O)Oc3cc(NC(=O)c4ccccc4-c4ccc(F)cc4)cn3C)cc2)cc1. The molecule has 0 saturated carbocycles. The van der Waals surface area contributed by atoms with Crippen molar-refractivity contribution < 1.29 is 18.7 Å². The van der Waals surface area contributed by atoms with Crippen LogP contribution in [0.15, 0.2) is 109 Å². The summed E-state index contributed by atoms with van der Waals surface area (Å²) in [6.07, 6.45) is 1.05. The third kappa shape index (κ3) is 6.27. The molecule has 5 rings (SSSR count). The van der Waals surface area contributed by atoms with Crippen LogP contribution in [-0.4, -0.2) is 16.6 Å². The predicted molar refractivity (Wildman–Crippen MR) is 155 cm³/mol. The minimum absolute atomic E-state index is 0.273. The predicted octanol–water partition coefficient (Wildman–Crippen LogP) is 7.35. The Morgan fingerprint density at radius 3 is 2.15 bits per heavy atom. The Morgan fingerprint density at radius 2 is 1.45 bits per heavy atom. The van der Waals surface area contributed by atoms with E-state index in [9.17, 15) is 14.0 Å². The van der Waals surface area contributed by atoms with Crippen molar-refractivity contribution in [2.24, 2.45) is 7.05 Å². The van der Waals surface area contributed by atoms with Crippen molar-refractivity contribution in [3.05, 3.63) is 132 Å². The van der Waals surface area contributed by atoms with Gasteiger partial charge < -0.3 is 19.9 Å². The van der Waals surface area contributed by atoms with Gasteiger partial charge in [0.1, 0.15) is 5.82 Å². The number of rotatable bonds is 7. The van der Waals surface area contributed by atoms with Gasteiger partial charge in [-0.25, -0.2) is 9.18 Å². The van der Waals surface area contributed by atoms with E-state index in [1.165, 1.54) is 17.7 Å². The fourth-order valence-electron chi connectivity index (χ4n) is 4.34. The summed E-state index contributed by atoms with van der Waals surface area (Å²) in [5.41, 5.74) is 6.70. The van der Waals surface area contributed by atoms with Gasteiger partial charge in [0.15, 0.2) is 0 Å². The van der Waals surface area contributed by atoms with Gasteiger partial charge in [0, 0.05) is 31.4 Å². The average Bonchev–Trinajstić information content (AvgIpc) is 3.30. The first-order valence-electron chi connectivity index (χ1n) is 12.8. The Hall–Kier alpha value is -5.17. The number of amides is 2. The van der Waals surface area contributed by atoms with Crippen molar-refractivity contribution >= 4 is 17.7 Å². The molecule has 1 heterocycles. The maximum Gasteiger partial charge on any atom is 0.414 e. The molecular weight excluding hydrogens is 505 g/mol. The molecule has 2 N–H and O–H groups in total. The average molecular weight is 534 g/mol. The van der Waals surface area contributed by atoms with Crippen molar-refractivity contribution in [3.8, 4) is 28.1 Å². The fourth-order valence-corrected chi connectivity index (χ4v) is 4.34. The number of hydrogen-bond donors (Lipinski definition) is 2. The van der Waals surface area contributed by atoms with Crippen molar-refractivity contribution in [2.45, 2.75) is 13.5 Å². The van der Waals surface area contributed by atoms with Crippen LogP contribution in [0, 0.1) is 12.7 Å². The number of aryl methyl sites for hydroxylation is 2. The lowest BCUT2D eigenvalue weighted by Crippen LogP contribution is -2.26. The van der Waals surface area contributed by atoms with E-state index in [1.807, 2.05) is 36.4 Å². The summed E-state index contributed by atoms with van der Waals surface area (Å²) in [6.45, 7) is 2.36. The zero-order chi connectivity index (χ0) is 28.1. The highest BCUT2D eigenvalue weighted by Crippen LogP contribution is 2.26. The summed E-state index contributed by atoms with van der Waals surface area (Å²) >= 11 is 0. The van der Waals surface area contributed by atoms with Gasteiger partial charge >= 0.3 is 6.09 Å². The smallest absolute Gasteiger partial charge is 0.393 e. The van der Waals surface area contributed by atoms with Crippen LogP contribution in [-0.2, 0) is 13.6 Å². The van der Waals surface area contributed by atoms with E-state index in [1.54, 1.807) is 48.1 Å². The number of benzene rings is 4. The summed E-state index contributed by atoms with van der Waals surface area (Å²) in [5, 5.41) is 5.61. The summed E-state index contributed by atoms with van der Waals surface area (Å²) in [4.78, 5) is 25.6. The van der Waals surface area contributed by atoms with Gasteiger partial charge in [-0.05, 0) is 52.9 Å². The number of hydrogen-bond acceptors (Lipinski definition) is 3. The van der Waals surface area contributed by atoms with Crippen LogP contribution >= 0.6 is 0 Å². The van der Waals surface area contributed by atoms with Crippen LogP contribution in [0.4, 0.5) is 14.9 Å². The highest BCUT2D eigenvalue weighted by atomic mass is 19.1. The van der Waals surface area contributed by atoms with Gasteiger partial charge in [0.05, 0.1) is 5.69 Å². The van der Waals surface area contributed by atoms with E-state index in [4.69, 9.17) is 4.74 Å². The molecule has 4 aromatic carbocycles. The van der Waals surface area contributed by atoms with Crippen molar-refractivity contribution in [1.82, 2.24) is 9.88 Å². The van der Waals surface area contributed by atoms with Crippen LogP contribution in [0.3, 0.4) is 0 Å². The molecule has 6 nitrogen and oxygen atoms in total. The van der Waals surface area contributed by atoms with E-state index in [0.717, 1.165) is 22.3 Å². The quantitative estimate of drug-likeness (QED) is 0.230. The molecule has 200 valence electrons. The molecule has 0 aliphatic heterocycles. The molecular formula is C33H28FN3O3. The summed E-state index contributed by atoms with van der Waals surface area (Å²) < 4.78 is 20.5. The second-order valence-electron chi connectivity index (χ2n) is 9.49. The molecule has 0 spiro atoms. The third-order valence-electron chi connectivity index (χ3n) is 6.52. The van der Waals surface area contributed by atoms with E-state index in [0.29, 0.717) is 23.4 Å². The molecule has 0 aliphatic carbocycles. The van der Waals surface area contributed by atoms with Gasteiger partial charge in [0.25, 0.3) is 5.91 Å². The van der Waals surface area contributed by atoms with E-state index in [2.05, 4.69) is 41.8 Å². The molecule has 0 unspecified atom stereocenters. The van der Waals surface area contributed by atoms with Crippen molar-refractivity contribution in [3.63, 3.8) is 0 Å². The topological polar surface area (TPSA) is 72.4 Å². The van der Waals surface area contributed by atoms with E-state index < -0.39 is 6.09 Å². The fraction of sp³-hybridized carbons (Fsp3) is 0.0909. The van der Waals surface area contributed by atoms with Gasteiger partial charge in [-0.3, -0.25) is 4.79 Å². The van der Waals surface area contributed by atoms with Gasteiger partial charge in [-0.2, -0.15) is 0 Å². The lowest BCUT2D eigenvalue weighted by molar-refractivity contribution is 0.102. The third-order valence-corrected chi connectivity index (χ3v) is 6.52. The molecule has 0 saturated heterocycles. The summed E-state index contributed by atoms with van der Waals surface area (Å²) in [6, 6.07) is 31.0. The second-order valence-corrected chi connectivity index (χ2v) is 9.49. The molecule has 0 atom stereocenters. The number of ether oxygens (including phenoxy) is 1. The normalized spacial score (nSPS) is 10.7. The first kappa shape index (κ1) is 26.4. The first-order valence-corrected chi connectivity index (χ1v) is 12.8. The van der Waals surface area contributed by atoms with Gasteiger partial charge in [-0.1, -0.05) is 84.4 Å². The Morgan fingerprint density at radius 1 is 0.825 bits per heavy atom. The number of halogens is 1. The number of aromatic nitrogens is 1. The molecule has 7 heteroatoms. The largest absolute Gasteiger partial charge is 0.414 e. The Labute approximate surface area is 232 Å². The van der Waals surface area contributed by atoms with Crippen LogP contribution in [0.5, 0.6) is 5.88 Å². The lowest BCUT2D eigenvalue weighted by Gasteiger charge is -2.09. The zero-order valence-electron chi connectivity index (χ0n) is 22.1. The number of nitrogens with one attached hydrogen (secondary N) is 2. The highest BCUT2D eigenvalue weighted by molar-refractivity contribution is 6.08. The molecule has 40 heavy (non-hydrogen) atoms. The number of carbonyl (C=O) groups excluding carboxylic acids is 2. The monoisotopic (exact) mass is 533 g/mol. The standard InChI is InChI=1S/C33H28FN3O3/c1-22-7-11-24(12-8-22)25-13-9-23(10-14-25)20-35-33(39)40-31-19-28(21-37(31)2)36-32(38)30-6-4-3-5-29(30)26-15-17-27(34)18-16-26/h3-19,21H,20H2,1-2H3,(H,35,39)(H,36,38). The van der Waals surface area contributed by atoms with Crippen LogP contribution < -0.4 is 15.4 Å². The highest BCUT2D eigenvalue weighted by Gasteiger charge is 2.16. The molecule has 0 bridgehead atoms. The molecule has 2 amide bonds.